The summed E-state index contributed by atoms with van der Waals surface area (Å²) in [4.78, 5) is 3.84. The number of ether oxygens (including phenoxy) is 1. The van der Waals surface area contributed by atoms with Crippen LogP contribution < -0.4 is 5.32 Å². The summed E-state index contributed by atoms with van der Waals surface area (Å²) in [5, 5.41) is 3.01. The van der Waals surface area contributed by atoms with E-state index in [1.807, 2.05) is 0 Å². The lowest BCUT2D eigenvalue weighted by molar-refractivity contribution is 0.0215. The third kappa shape index (κ3) is 4.71. The van der Waals surface area contributed by atoms with Gasteiger partial charge in [-0.15, -0.1) is 0 Å². The van der Waals surface area contributed by atoms with E-state index in [4.69, 9.17) is 0 Å². The predicted molar refractivity (Wildman–Crippen MR) is 49.5 cm³/mol. The van der Waals surface area contributed by atoms with E-state index in [0.29, 0.717) is 6.54 Å². The van der Waals surface area contributed by atoms with E-state index in [-0.39, 0.29) is 6.61 Å². The molecule has 1 N–H and O–H groups in total. The van der Waals surface area contributed by atoms with Gasteiger partial charge in [-0.3, -0.25) is 4.98 Å². The van der Waals surface area contributed by atoms with Crippen molar-refractivity contribution in [1.82, 2.24) is 4.98 Å². The molecule has 0 saturated heterocycles. The zero-order valence-electron chi connectivity index (χ0n) is 7.62. The fourth-order valence-corrected chi connectivity index (χ4v) is 0.910. The minimum atomic E-state index is -2.39. The summed E-state index contributed by atoms with van der Waals surface area (Å²) in [6.45, 7) is 0.279. The maximum Gasteiger partial charge on any atom is 0.261 e. The molecule has 1 rings (SSSR count). The van der Waals surface area contributed by atoms with E-state index in [9.17, 15) is 8.78 Å². The topological polar surface area (TPSA) is 34.1 Å². The Labute approximate surface area is 81.1 Å². The highest BCUT2D eigenvalue weighted by atomic mass is 19.3. The van der Waals surface area contributed by atoms with Gasteiger partial charge in [0, 0.05) is 24.6 Å². The molecular weight excluding hydrogens is 190 g/mol. The van der Waals surface area contributed by atoms with Gasteiger partial charge in [0.1, 0.15) is 6.61 Å². The molecule has 1 aromatic heterocycles. The summed E-state index contributed by atoms with van der Waals surface area (Å²) in [7, 11) is 0. The second-order valence-electron chi connectivity index (χ2n) is 2.63. The van der Waals surface area contributed by atoms with Crippen LogP contribution in [0.15, 0.2) is 24.5 Å². The number of alkyl halides is 2. The van der Waals surface area contributed by atoms with Crippen LogP contribution in [-0.2, 0) is 4.74 Å². The van der Waals surface area contributed by atoms with Crippen LogP contribution in [0, 0.1) is 0 Å². The second kappa shape index (κ2) is 6.26. The Balaban J connectivity index is 2.05. The molecule has 0 spiro atoms. The van der Waals surface area contributed by atoms with Gasteiger partial charge in [-0.2, -0.15) is 0 Å². The Morgan fingerprint density at radius 1 is 1.36 bits per heavy atom. The number of anilines is 1. The summed E-state index contributed by atoms with van der Waals surface area (Å²) in [6, 6.07) is 3.60. The van der Waals surface area contributed by atoms with Crippen LogP contribution >= 0.6 is 0 Å². The van der Waals surface area contributed by atoms with Crippen LogP contribution in [0.4, 0.5) is 14.5 Å². The fourth-order valence-electron chi connectivity index (χ4n) is 0.910. The molecule has 1 heterocycles. The number of nitrogens with one attached hydrogen (secondary N) is 1. The lowest BCUT2D eigenvalue weighted by Crippen LogP contribution is -2.12. The number of halogens is 2. The molecule has 14 heavy (non-hydrogen) atoms. The minimum Gasteiger partial charge on any atom is -0.383 e. The average Bonchev–Trinajstić information content (AvgIpc) is 2.18. The standard InChI is InChI=1S/C9H12F2N2O/c10-9(11)7-14-6-5-13-8-1-3-12-4-2-8/h1-4,9H,5-7H2,(H,12,13). The van der Waals surface area contributed by atoms with Crippen molar-refractivity contribution in [1.29, 1.82) is 0 Å². The highest BCUT2D eigenvalue weighted by Crippen LogP contribution is 2.01. The Hall–Kier alpha value is -1.23. The van der Waals surface area contributed by atoms with E-state index in [2.05, 4.69) is 15.0 Å². The SMILES string of the molecule is FC(F)COCCNc1ccncc1. The molecule has 0 radical (unpaired) electrons. The first-order valence-corrected chi connectivity index (χ1v) is 4.29. The van der Waals surface area contributed by atoms with E-state index < -0.39 is 13.0 Å². The number of pyridine rings is 1. The van der Waals surface area contributed by atoms with Gasteiger partial charge in [-0.1, -0.05) is 0 Å². The van der Waals surface area contributed by atoms with E-state index in [1.54, 1.807) is 24.5 Å². The molecule has 0 aliphatic carbocycles. The van der Waals surface area contributed by atoms with Gasteiger partial charge in [0.2, 0.25) is 0 Å². The van der Waals surface area contributed by atoms with Crippen molar-refractivity contribution >= 4 is 5.69 Å². The highest BCUT2D eigenvalue weighted by Gasteiger charge is 2.00. The van der Waals surface area contributed by atoms with Crippen LogP contribution in [0.1, 0.15) is 0 Å². The van der Waals surface area contributed by atoms with Crippen molar-refractivity contribution in [3.8, 4) is 0 Å². The first kappa shape index (κ1) is 10.8. The van der Waals surface area contributed by atoms with E-state index in [1.165, 1.54) is 0 Å². The molecule has 0 bridgehead atoms. The first-order chi connectivity index (χ1) is 6.79. The van der Waals surface area contributed by atoms with Crippen molar-refractivity contribution in [2.45, 2.75) is 6.43 Å². The summed E-state index contributed by atoms with van der Waals surface area (Å²) in [5.74, 6) is 0. The third-order valence-electron chi connectivity index (χ3n) is 1.50. The van der Waals surface area contributed by atoms with Gasteiger partial charge in [0.25, 0.3) is 6.43 Å². The van der Waals surface area contributed by atoms with Crippen LogP contribution in [0.3, 0.4) is 0 Å². The van der Waals surface area contributed by atoms with Crippen LogP contribution in [-0.4, -0.2) is 31.2 Å². The molecule has 0 fully saturated rings. The fraction of sp³-hybridized carbons (Fsp3) is 0.444. The molecule has 78 valence electrons. The Bertz CT molecular complexity index is 244. The summed E-state index contributed by atoms with van der Waals surface area (Å²) >= 11 is 0. The Morgan fingerprint density at radius 3 is 2.71 bits per heavy atom. The first-order valence-electron chi connectivity index (χ1n) is 4.29. The van der Waals surface area contributed by atoms with E-state index in [0.717, 1.165) is 5.69 Å². The molecule has 0 aliphatic rings. The molecule has 0 aliphatic heterocycles. The highest BCUT2D eigenvalue weighted by molar-refractivity contribution is 5.40. The molecule has 1 aromatic rings. The van der Waals surface area contributed by atoms with Gasteiger partial charge < -0.3 is 10.1 Å². The quantitative estimate of drug-likeness (QED) is 0.714. The van der Waals surface area contributed by atoms with Crippen molar-refractivity contribution in [3.05, 3.63) is 24.5 Å². The van der Waals surface area contributed by atoms with Gasteiger partial charge in [0.05, 0.1) is 6.61 Å². The van der Waals surface area contributed by atoms with Gasteiger partial charge >= 0.3 is 0 Å². The van der Waals surface area contributed by atoms with E-state index >= 15 is 0 Å². The molecule has 0 saturated carbocycles. The van der Waals surface area contributed by atoms with Crippen LogP contribution in [0.5, 0.6) is 0 Å². The average molecular weight is 202 g/mol. The summed E-state index contributed by atoms with van der Waals surface area (Å²) in [6.07, 6.45) is 0.918. The monoisotopic (exact) mass is 202 g/mol. The second-order valence-corrected chi connectivity index (χ2v) is 2.63. The molecular formula is C9H12F2N2O. The summed E-state index contributed by atoms with van der Waals surface area (Å²) in [5.41, 5.74) is 0.903. The maximum atomic E-state index is 11.6. The van der Waals surface area contributed by atoms with Gasteiger partial charge in [-0.05, 0) is 12.1 Å². The number of nitrogens with zero attached hydrogens (tertiary/aromatic N) is 1. The predicted octanol–water partition coefficient (Wildman–Crippen LogP) is 1.78. The number of hydrogen-bond donors (Lipinski definition) is 1. The zero-order valence-corrected chi connectivity index (χ0v) is 7.62. The van der Waals surface area contributed by atoms with Crippen molar-refractivity contribution in [2.75, 3.05) is 25.1 Å². The Kier molecular flexibility index (Phi) is 4.85. The normalized spacial score (nSPS) is 10.5. The lowest BCUT2D eigenvalue weighted by atomic mass is 10.4. The minimum absolute atomic E-state index is 0.270. The number of hydrogen-bond acceptors (Lipinski definition) is 3. The maximum absolute atomic E-state index is 11.6. The van der Waals surface area contributed by atoms with Crippen molar-refractivity contribution in [2.24, 2.45) is 0 Å². The number of aromatic nitrogens is 1. The number of rotatable bonds is 6. The molecule has 5 heteroatoms. The van der Waals surface area contributed by atoms with Crippen LogP contribution in [0.2, 0.25) is 0 Å². The Morgan fingerprint density at radius 2 is 2.07 bits per heavy atom. The van der Waals surface area contributed by atoms with Crippen molar-refractivity contribution < 1.29 is 13.5 Å². The molecule has 0 aromatic carbocycles. The van der Waals surface area contributed by atoms with Gasteiger partial charge in [-0.25, -0.2) is 8.78 Å². The zero-order chi connectivity index (χ0) is 10.2. The largest absolute Gasteiger partial charge is 0.383 e. The smallest absolute Gasteiger partial charge is 0.261 e. The lowest BCUT2D eigenvalue weighted by Gasteiger charge is -2.06. The summed E-state index contributed by atoms with van der Waals surface area (Å²) < 4.78 is 28.0. The van der Waals surface area contributed by atoms with Gasteiger partial charge in [0.15, 0.2) is 0 Å². The van der Waals surface area contributed by atoms with Crippen molar-refractivity contribution in [3.63, 3.8) is 0 Å². The molecule has 0 amide bonds. The van der Waals surface area contributed by atoms with Crippen LogP contribution in [0.25, 0.3) is 0 Å². The molecule has 0 unspecified atom stereocenters. The molecule has 3 nitrogen and oxygen atoms in total. The molecule has 0 atom stereocenters. The third-order valence-corrected chi connectivity index (χ3v) is 1.50.